The number of hydrogen-bond donors (Lipinski definition) is 0. The van der Waals surface area contributed by atoms with E-state index < -0.39 is 13.5 Å². The molecule has 0 N–H and O–H groups in total. The first-order valence-corrected chi connectivity index (χ1v) is 22.1. The largest absolute Gasteiger partial charge is 2.00 e. The van der Waals surface area contributed by atoms with Gasteiger partial charge in [0.25, 0.3) is 0 Å². The van der Waals surface area contributed by atoms with E-state index in [4.69, 9.17) is 14.7 Å². The zero-order chi connectivity index (χ0) is 39.3. The number of para-hydroxylation sites is 3. The first-order chi connectivity index (χ1) is 29.0. The molecule has 0 spiro atoms. The van der Waals surface area contributed by atoms with Crippen LogP contribution in [0.1, 0.15) is 25.0 Å². The third-order valence-corrected chi connectivity index (χ3v) is 17.2. The molecule has 0 amide bonds. The maximum absolute atomic E-state index is 7.44. The van der Waals surface area contributed by atoms with Crippen molar-refractivity contribution >= 4 is 77.9 Å². The van der Waals surface area contributed by atoms with Gasteiger partial charge >= 0.3 is 21.1 Å². The fourth-order valence-electron chi connectivity index (χ4n) is 10.0. The summed E-state index contributed by atoms with van der Waals surface area (Å²) in [4.78, 5) is 9.93. The van der Waals surface area contributed by atoms with Gasteiger partial charge < -0.3 is 13.7 Å². The van der Waals surface area contributed by atoms with Crippen molar-refractivity contribution in [2.24, 2.45) is 0 Å². The van der Waals surface area contributed by atoms with Gasteiger partial charge in [0.1, 0.15) is 19.6 Å². The molecule has 5 nitrogen and oxygen atoms in total. The van der Waals surface area contributed by atoms with Gasteiger partial charge in [0.15, 0.2) is 0 Å². The van der Waals surface area contributed by atoms with Gasteiger partial charge in [0, 0.05) is 46.4 Å². The van der Waals surface area contributed by atoms with E-state index in [1.165, 1.54) is 10.4 Å². The number of rotatable bonds is 5. The minimum Gasteiger partial charge on any atom is -0.516 e. The van der Waals surface area contributed by atoms with Gasteiger partial charge in [0.2, 0.25) is 0 Å². The summed E-state index contributed by atoms with van der Waals surface area (Å²) in [6, 6.07) is 66.9. The fourth-order valence-corrected chi connectivity index (χ4v) is 14.7. The van der Waals surface area contributed by atoms with Gasteiger partial charge in [-0.1, -0.05) is 157 Å². The van der Waals surface area contributed by atoms with Crippen LogP contribution >= 0.6 is 0 Å². The predicted octanol–water partition coefficient (Wildman–Crippen LogP) is 9.54. The molecule has 0 atom stereocenters. The third-order valence-electron chi connectivity index (χ3n) is 12.6. The monoisotopic (exact) mass is 967 g/mol. The number of nitrogens with zero attached hydrogens (tertiary/aromatic N) is 4. The van der Waals surface area contributed by atoms with Crippen LogP contribution in [0.25, 0.3) is 54.9 Å². The molecule has 0 aliphatic carbocycles. The van der Waals surface area contributed by atoms with Crippen LogP contribution in [-0.2, 0) is 26.5 Å². The van der Waals surface area contributed by atoms with Crippen molar-refractivity contribution in [2.45, 2.75) is 19.3 Å². The molecule has 1 aliphatic heterocycles. The normalized spacial score (nSPS) is 13.3. The molecule has 4 aromatic heterocycles. The molecule has 60 heavy (non-hydrogen) atoms. The molecular weight excluding hydrogens is 932 g/mol. The Morgan fingerprint density at radius 1 is 0.600 bits per heavy atom. The van der Waals surface area contributed by atoms with Crippen LogP contribution in [-0.4, -0.2) is 27.0 Å². The third kappa shape index (κ3) is 5.01. The van der Waals surface area contributed by atoms with Gasteiger partial charge in [-0.25, -0.2) is 4.98 Å². The molecule has 0 radical (unpaired) electrons. The van der Waals surface area contributed by atoms with Crippen LogP contribution in [0, 0.1) is 12.1 Å². The average Bonchev–Trinajstić information content (AvgIpc) is 3.92. The van der Waals surface area contributed by atoms with Crippen LogP contribution in [0.4, 0.5) is 0 Å². The molecule has 7 aromatic carbocycles. The van der Waals surface area contributed by atoms with Crippen molar-refractivity contribution in [2.75, 3.05) is 0 Å². The Morgan fingerprint density at radius 2 is 1.27 bits per heavy atom. The Bertz CT molecular complexity index is 3410. The first-order valence-electron chi connectivity index (χ1n) is 20.1. The van der Waals surface area contributed by atoms with Crippen molar-refractivity contribution in [1.29, 1.82) is 0 Å². The number of fused-ring (bicyclic) bond motifs is 12. The van der Waals surface area contributed by atoms with Crippen molar-refractivity contribution in [1.82, 2.24) is 18.9 Å². The van der Waals surface area contributed by atoms with E-state index in [0.29, 0.717) is 0 Å². The summed E-state index contributed by atoms with van der Waals surface area (Å²) < 4.78 is 11.9. The fraction of sp³-hybridized carbons (Fsp3) is 0.0566. The van der Waals surface area contributed by atoms with Gasteiger partial charge in [-0.15, -0.1) is 34.0 Å². The van der Waals surface area contributed by atoms with Crippen molar-refractivity contribution < 1.29 is 25.8 Å². The Labute approximate surface area is 362 Å². The Morgan fingerprint density at radius 3 is 2.02 bits per heavy atom. The summed E-state index contributed by atoms with van der Waals surface area (Å²) >= 11 is 0. The van der Waals surface area contributed by atoms with E-state index in [0.717, 1.165) is 87.9 Å². The number of hydrogen-bond acceptors (Lipinski definition) is 3. The molecule has 1 aliphatic rings. The van der Waals surface area contributed by atoms with Crippen LogP contribution in [0.2, 0.25) is 0 Å². The molecule has 11 aromatic rings. The molecule has 288 valence electrons. The van der Waals surface area contributed by atoms with Gasteiger partial charge in [-0.05, 0) is 51.5 Å². The maximum atomic E-state index is 7.44. The molecule has 0 saturated heterocycles. The molecule has 5 heterocycles. The zero-order valence-electron chi connectivity index (χ0n) is 32.8. The van der Waals surface area contributed by atoms with Crippen molar-refractivity contribution in [3.05, 3.63) is 206 Å². The molecule has 0 saturated carbocycles. The number of ether oxygens (including phenoxy) is 1. The maximum Gasteiger partial charge on any atom is 2.00 e. The molecule has 12 rings (SSSR count). The van der Waals surface area contributed by atoms with Crippen LogP contribution < -0.4 is 25.5 Å². The van der Waals surface area contributed by atoms with Crippen molar-refractivity contribution in [3.8, 4) is 17.3 Å². The molecule has 7 heteroatoms. The topological polar surface area (TPSA) is 44.4 Å². The van der Waals surface area contributed by atoms with E-state index in [9.17, 15) is 0 Å². The van der Waals surface area contributed by atoms with Crippen LogP contribution in [0.5, 0.6) is 11.5 Å². The number of imidazole rings is 1. The summed E-state index contributed by atoms with van der Waals surface area (Å²) in [6.07, 6.45) is 5.82. The molecular formula is C53H36N4OPtSi. The Hall–Kier alpha value is -6.59. The Balaban J connectivity index is 0.00000408. The summed E-state index contributed by atoms with van der Waals surface area (Å²) in [5.74, 6) is 2.57. The van der Waals surface area contributed by atoms with E-state index in [1.54, 1.807) is 0 Å². The van der Waals surface area contributed by atoms with E-state index in [1.807, 2.05) is 18.5 Å². The van der Waals surface area contributed by atoms with E-state index >= 15 is 0 Å². The summed E-state index contributed by atoms with van der Waals surface area (Å²) in [6.45, 7) is 4.69. The molecule has 0 unspecified atom stereocenters. The van der Waals surface area contributed by atoms with E-state index in [2.05, 4.69) is 199 Å². The SMILES string of the molecule is CC1(C)c2ccccc2Oc2c([Si](c3[c-]c4c(cc3)c3ccccc3n3ccnc43)(c3ccccc3)c3ccccc3)[c-]c3c(c21)c1ccccc1n3-c1ccccn1.[Pt+2]. The second kappa shape index (κ2) is 13.7. The first kappa shape index (κ1) is 36.5. The quantitative estimate of drug-likeness (QED) is 0.0748. The smallest absolute Gasteiger partial charge is 0.516 e. The van der Waals surface area contributed by atoms with Gasteiger partial charge in [-0.2, -0.15) is 6.07 Å². The molecule has 0 fully saturated rings. The second-order valence-electron chi connectivity index (χ2n) is 16.0. The van der Waals surface area contributed by atoms with Crippen LogP contribution in [0.15, 0.2) is 182 Å². The summed E-state index contributed by atoms with van der Waals surface area (Å²) in [5, 5.41) is 10.1. The van der Waals surface area contributed by atoms with Gasteiger partial charge in [0.05, 0.1) is 5.65 Å². The average molecular weight is 968 g/mol. The van der Waals surface area contributed by atoms with E-state index in [-0.39, 0.29) is 21.1 Å². The Kier molecular flexibility index (Phi) is 8.35. The van der Waals surface area contributed by atoms with Crippen molar-refractivity contribution in [3.63, 3.8) is 0 Å². The molecule has 0 bridgehead atoms. The number of aromatic nitrogens is 4. The summed E-state index contributed by atoms with van der Waals surface area (Å²) in [5.41, 5.74) is 5.90. The predicted molar refractivity (Wildman–Crippen MR) is 242 cm³/mol. The van der Waals surface area contributed by atoms with Crippen LogP contribution in [0.3, 0.4) is 0 Å². The number of benzene rings is 7. The van der Waals surface area contributed by atoms with Gasteiger partial charge in [-0.3, -0.25) is 4.98 Å². The number of pyridine rings is 2. The minimum atomic E-state index is -3.41. The second-order valence-corrected chi connectivity index (χ2v) is 19.7. The minimum absolute atomic E-state index is 0. The summed E-state index contributed by atoms with van der Waals surface area (Å²) in [7, 11) is -3.41. The zero-order valence-corrected chi connectivity index (χ0v) is 36.1. The standard InChI is InChI=1S/C53H36N4OSi.Pt/c1-53(2)42-23-11-14-26-46(42)58-51-47(34-45-49(50(51)53)40-22-10-13-25-44(40)57(45)48-27-15-16-30-54-48)59(35-17-5-3-6-18-35,36-19-7-4-8-20-36)37-28-29-38-39-21-9-12-24-43(39)56-32-31-55-52(56)41(38)33-37;/h3-32H,1-2H3;/q-2;+2.